The third-order valence-corrected chi connectivity index (χ3v) is 4.21. The van der Waals surface area contributed by atoms with Crippen LogP contribution in [0.2, 0.25) is 0 Å². The first-order chi connectivity index (χ1) is 14.5. The Labute approximate surface area is 171 Å². The highest BCUT2D eigenvalue weighted by Gasteiger charge is 2.32. The normalized spacial score (nSPS) is 10.4. The van der Waals surface area contributed by atoms with Gasteiger partial charge in [0.25, 0.3) is 5.91 Å². The van der Waals surface area contributed by atoms with Gasteiger partial charge in [-0.15, -0.1) is 0 Å². The van der Waals surface area contributed by atoms with Crippen molar-refractivity contribution in [1.29, 1.82) is 0 Å². The van der Waals surface area contributed by atoms with Crippen molar-refractivity contribution < 1.29 is 23.9 Å². The fraction of sp³-hybridized carbons (Fsp3) is 0.211. The molecule has 11 heteroatoms. The number of hydrogen-bond donors (Lipinski definition) is 1. The van der Waals surface area contributed by atoms with Crippen LogP contribution in [-0.4, -0.2) is 46.9 Å². The Morgan fingerprint density at radius 3 is 2.43 bits per heavy atom. The molecule has 0 fully saturated rings. The first-order valence-corrected chi connectivity index (χ1v) is 8.69. The number of amides is 1. The summed E-state index contributed by atoms with van der Waals surface area (Å²) < 4.78 is 17.1. The van der Waals surface area contributed by atoms with Crippen molar-refractivity contribution >= 4 is 17.4 Å². The summed E-state index contributed by atoms with van der Waals surface area (Å²) in [7, 11) is 3.91. The van der Waals surface area contributed by atoms with Gasteiger partial charge in [0.05, 0.1) is 32.8 Å². The van der Waals surface area contributed by atoms with Gasteiger partial charge in [-0.1, -0.05) is 0 Å². The minimum absolute atomic E-state index is 0.0184. The molecule has 0 spiro atoms. The van der Waals surface area contributed by atoms with Gasteiger partial charge >= 0.3 is 5.69 Å². The maximum absolute atomic E-state index is 12.8. The van der Waals surface area contributed by atoms with Crippen LogP contribution < -0.4 is 19.5 Å². The van der Waals surface area contributed by atoms with E-state index in [9.17, 15) is 14.9 Å². The Hall–Kier alpha value is -4.15. The predicted molar refractivity (Wildman–Crippen MR) is 106 cm³/mol. The monoisotopic (exact) mass is 413 g/mol. The zero-order chi connectivity index (χ0) is 21.7. The van der Waals surface area contributed by atoms with Crippen LogP contribution in [0.4, 0.5) is 11.5 Å². The Morgan fingerprint density at radius 1 is 1.13 bits per heavy atom. The number of hydrogen-bond acceptors (Lipinski definition) is 8. The summed E-state index contributed by atoms with van der Waals surface area (Å²) in [6.45, 7) is 0.475. The van der Waals surface area contributed by atoms with Crippen LogP contribution in [0.5, 0.6) is 17.2 Å². The number of carbonyl (C=O) groups is 1. The van der Waals surface area contributed by atoms with E-state index in [1.165, 1.54) is 27.4 Å². The number of carbonyl (C=O) groups excluding carboxylic acids is 1. The number of ether oxygens (including phenoxy) is 3. The van der Waals surface area contributed by atoms with E-state index in [1.807, 2.05) is 12.1 Å². The molecular weight excluding hydrogens is 394 g/mol. The second kappa shape index (κ2) is 8.90. The third kappa shape index (κ3) is 4.14. The molecule has 2 heterocycles. The van der Waals surface area contributed by atoms with Gasteiger partial charge < -0.3 is 19.5 Å². The summed E-state index contributed by atoms with van der Waals surface area (Å²) in [5.74, 6) is -0.583. The topological polar surface area (TPSA) is 131 Å². The summed E-state index contributed by atoms with van der Waals surface area (Å²) in [6.07, 6.45) is 5.02. The highest BCUT2D eigenvalue weighted by atomic mass is 16.6. The average Bonchev–Trinajstić information content (AvgIpc) is 3.18. The molecule has 156 valence electrons. The molecule has 0 radical (unpaired) electrons. The fourth-order valence-corrected chi connectivity index (χ4v) is 2.87. The molecular formula is C19H19N5O6. The molecule has 3 aromatic rings. The second-order valence-electron chi connectivity index (χ2n) is 6.01. The summed E-state index contributed by atoms with van der Waals surface area (Å²) in [4.78, 5) is 27.7. The third-order valence-electron chi connectivity index (χ3n) is 4.21. The number of nitro groups is 1. The molecule has 0 bridgehead atoms. The quantitative estimate of drug-likeness (QED) is 0.440. The first kappa shape index (κ1) is 20.6. The van der Waals surface area contributed by atoms with E-state index < -0.39 is 16.5 Å². The molecule has 11 nitrogen and oxygen atoms in total. The van der Waals surface area contributed by atoms with Gasteiger partial charge in [0.15, 0.2) is 11.6 Å². The summed E-state index contributed by atoms with van der Waals surface area (Å²) in [6, 6.07) is 6.50. The fourth-order valence-electron chi connectivity index (χ4n) is 2.87. The minimum atomic E-state index is -0.741. The predicted octanol–water partition coefficient (Wildman–Crippen LogP) is 2.51. The van der Waals surface area contributed by atoms with E-state index >= 15 is 0 Å². The number of nitrogens with one attached hydrogen (secondary N) is 1. The van der Waals surface area contributed by atoms with Crippen LogP contribution in [0.1, 0.15) is 15.9 Å². The van der Waals surface area contributed by atoms with E-state index in [-0.39, 0.29) is 28.6 Å². The van der Waals surface area contributed by atoms with Crippen molar-refractivity contribution in [3.05, 3.63) is 64.1 Å². The van der Waals surface area contributed by atoms with Gasteiger partial charge in [-0.2, -0.15) is 5.10 Å². The molecule has 0 saturated heterocycles. The average molecular weight is 413 g/mol. The molecule has 3 rings (SSSR count). The Balaban J connectivity index is 1.91. The molecule has 2 aromatic heterocycles. The number of aromatic nitrogens is 3. The van der Waals surface area contributed by atoms with Gasteiger partial charge in [0, 0.05) is 30.7 Å². The zero-order valence-electron chi connectivity index (χ0n) is 16.5. The molecule has 0 unspecified atom stereocenters. The van der Waals surface area contributed by atoms with Crippen molar-refractivity contribution in [2.75, 3.05) is 26.6 Å². The van der Waals surface area contributed by atoms with Crippen LogP contribution in [0.25, 0.3) is 0 Å². The zero-order valence-corrected chi connectivity index (χ0v) is 16.5. The number of benzene rings is 1. The molecule has 1 aromatic carbocycles. The SMILES string of the molecule is COc1cc(C(=O)Nc2ccn(Cc3ccncc3)n2)c([N+](=O)[O-])c(OC)c1OC. The van der Waals surface area contributed by atoms with Crippen LogP contribution in [0, 0.1) is 10.1 Å². The van der Waals surface area contributed by atoms with Crippen molar-refractivity contribution in [3.63, 3.8) is 0 Å². The standard InChI is InChI=1S/C19H19N5O6/c1-28-14-10-13(16(24(26)27)18(30-3)17(14)29-2)19(25)21-15-6-9-23(22-15)11-12-4-7-20-8-5-12/h4-10H,11H2,1-3H3,(H,21,22,25). The summed E-state index contributed by atoms with van der Waals surface area (Å²) in [5, 5.41) is 18.5. The smallest absolute Gasteiger partial charge is 0.327 e. The van der Waals surface area contributed by atoms with Crippen LogP contribution in [-0.2, 0) is 6.54 Å². The molecule has 1 N–H and O–H groups in total. The van der Waals surface area contributed by atoms with Gasteiger partial charge in [0.2, 0.25) is 11.5 Å². The number of methoxy groups -OCH3 is 3. The van der Waals surface area contributed by atoms with Crippen molar-refractivity contribution in [3.8, 4) is 17.2 Å². The minimum Gasteiger partial charge on any atom is -0.493 e. The molecule has 0 aliphatic heterocycles. The molecule has 0 atom stereocenters. The lowest BCUT2D eigenvalue weighted by atomic mass is 10.1. The van der Waals surface area contributed by atoms with Gasteiger partial charge in [0.1, 0.15) is 5.56 Å². The maximum atomic E-state index is 12.8. The van der Waals surface area contributed by atoms with Crippen molar-refractivity contribution in [1.82, 2.24) is 14.8 Å². The number of rotatable bonds is 8. The molecule has 1 amide bonds. The van der Waals surface area contributed by atoms with Gasteiger partial charge in [-0.05, 0) is 17.7 Å². The van der Waals surface area contributed by atoms with Crippen LogP contribution in [0.15, 0.2) is 42.9 Å². The molecule has 0 aliphatic rings. The second-order valence-corrected chi connectivity index (χ2v) is 6.01. The number of pyridine rings is 1. The first-order valence-electron chi connectivity index (χ1n) is 8.69. The molecule has 0 saturated carbocycles. The Bertz CT molecular complexity index is 1070. The number of nitrogens with zero attached hydrogens (tertiary/aromatic N) is 4. The van der Waals surface area contributed by atoms with Gasteiger partial charge in [-0.3, -0.25) is 24.6 Å². The lowest BCUT2D eigenvalue weighted by Crippen LogP contribution is -2.16. The number of nitro benzene ring substituents is 1. The van der Waals surface area contributed by atoms with Crippen LogP contribution >= 0.6 is 0 Å². The highest BCUT2D eigenvalue weighted by Crippen LogP contribution is 2.46. The van der Waals surface area contributed by atoms with E-state index in [2.05, 4.69) is 15.4 Å². The van der Waals surface area contributed by atoms with Crippen molar-refractivity contribution in [2.24, 2.45) is 0 Å². The number of anilines is 1. The molecule has 0 aliphatic carbocycles. The summed E-state index contributed by atoms with van der Waals surface area (Å²) in [5.41, 5.74) is 0.188. The largest absolute Gasteiger partial charge is 0.493 e. The lowest BCUT2D eigenvalue weighted by molar-refractivity contribution is -0.386. The Morgan fingerprint density at radius 2 is 1.83 bits per heavy atom. The molecule has 30 heavy (non-hydrogen) atoms. The van der Waals surface area contributed by atoms with E-state index in [0.29, 0.717) is 6.54 Å². The van der Waals surface area contributed by atoms with Crippen LogP contribution in [0.3, 0.4) is 0 Å². The van der Waals surface area contributed by atoms with E-state index in [1.54, 1.807) is 29.3 Å². The Kier molecular flexibility index (Phi) is 6.11. The van der Waals surface area contributed by atoms with E-state index in [4.69, 9.17) is 14.2 Å². The maximum Gasteiger partial charge on any atom is 0.327 e. The summed E-state index contributed by atoms with van der Waals surface area (Å²) >= 11 is 0. The van der Waals surface area contributed by atoms with Crippen molar-refractivity contribution in [2.45, 2.75) is 6.54 Å². The van der Waals surface area contributed by atoms with E-state index in [0.717, 1.165) is 5.56 Å². The lowest BCUT2D eigenvalue weighted by Gasteiger charge is -2.14. The highest BCUT2D eigenvalue weighted by molar-refractivity contribution is 6.08. The van der Waals surface area contributed by atoms with Gasteiger partial charge in [-0.25, -0.2) is 0 Å².